The third kappa shape index (κ3) is 4.94. The molecule has 1 saturated heterocycles. The summed E-state index contributed by atoms with van der Waals surface area (Å²) < 4.78 is 19.0. The van der Waals surface area contributed by atoms with Crippen molar-refractivity contribution in [2.24, 2.45) is 5.16 Å². The fourth-order valence-corrected chi connectivity index (χ4v) is 3.62. The van der Waals surface area contributed by atoms with E-state index < -0.39 is 0 Å². The quantitative estimate of drug-likeness (QED) is 0.284. The summed E-state index contributed by atoms with van der Waals surface area (Å²) in [6, 6.07) is 18.0. The fraction of sp³-hybridized carbons (Fsp3) is 0.250. The summed E-state index contributed by atoms with van der Waals surface area (Å²) in [6.07, 6.45) is 2.63. The number of amidine groups is 1. The second-order valence-corrected chi connectivity index (χ2v) is 7.36. The summed E-state index contributed by atoms with van der Waals surface area (Å²) in [6.45, 7) is 4.96. The predicted molar refractivity (Wildman–Crippen MR) is 119 cm³/mol. The minimum Gasteiger partial charge on any atom is -0.439 e. The topological polar surface area (TPSA) is 61.2 Å². The Labute approximate surface area is 181 Å². The number of nitrogens with zero attached hydrogens (tertiary/aromatic N) is 4. The predicted octanol–water partition coefficient (Wildman–Crippen LogP) is 4.53. The summed E-state index contributed by atoms with van der Waals surface area (Å²) in [5.74, 6) is 1.44. The van der Waals surface area contributed by atoms with Crippen LogP contribution in [0.25, 0.3) is 0 Å². The van der Waals surface area contributed by atoms with Gasteiger partial charge in [-0.15, -0.1) is 0 Å². The molecule has 31 heavy (non-hydrogen) atoms. The number of benzene rings is 2. The number of pyridine rings is 1. The van der Waals surface area contributed by atoms with Crippen LogP contribution in [0, 0.1) is 5.82 Å². The Bertz CT molecular complexity index is 1010. The lowest BCUT2D eigenvalue weighted by Gasteiger charge is -2.37. The van der Waals surface area contributed by atoms with Crippen molar-refractivity contribution in [1.82, 2.24) is 9.88 Å². The van der Waals surface area contributed by atoms with E-state index in [1.54, 1.807) is 24.4 Å². The van der Waals surface area contributed by atoms with E-state index in [0.29, 0.717) is 30.4 Å². The Kier molecular flexibility index (Phi) is 6.31. The minimum absolute atomic E-state index is 0.241. The van der Waals surface area contributed by atoms with Gasteiger partial charge >= 0.3 is 0 Å². The van der Waals surface area contributed by atoms with Crippen LogP contribution in [0.1, 0.15) is 18.1 Å². The number of aryl methyl sites for hydroxylation is 1. The van der Waals surface area contributed by atoms with Crippen molar-refractivity contribution >= 4 is 11.5 Å². The van der Waals surface area contributed by atoms with Crippen molar-refractivity contribution in [1.29, 1.82) is 0 Å². The Morgan fingerprint density at radius 2 is 1.71 bits per heavy atom. The van der Waals surface area contributed by atoms with Crippen molar-refractivity contribution in [3.63, 3.8) is 0 Å². The molecule has 0 unspecified atom stereocenters. The first kappa shape index (κ1) is 20.7. The zero-order chi connectivity index (χ0) is 21.6. The molecule has 6 nitrogen and oxygen atoms in total. The zero-order valence-corrected chi connectivity index (χ0v) is 17.4. The van der Waals surface area contributed by atoms with E-state index in [4.69, 9.17) is 4.74 Å². The van der Waals surface area contributed by atoms with E-state index in [1.807, 2.05) is 35.2 Å². The molecular formula is C24H25FN4O2. The first-order valence-corrected chi connectivity index (χ1v) is 10.4. The van der Waals surface area contributed by atoms with E-state index >= 15 is 0 Å². The maximum Gasteiger partial charge on any atom is 0.219 e. The van der Waals surface area contributed by atoms with Gasteiger partial charge in [-0.25, -0.2) is 9.37 Å². The molecule has 2 heterocycles. The SMILES string of the molecule is CCc1ccc(Oc2ccc(/C(=N/O)N3CCN(c4ccc(F)cc4)CC3)cn2)cc1. The Morgan fingerprint density at radius 3 is 2.29 bits per heavy atom. The molecule has 4 rings (SSSR count). The average molecular weight is 420 g/mol. The third-order valence-electron chi connectivity index (χ3n) is 5.41. The first-order chi connectivity index (χ1) is 15.2. The van der Waals surface area contributed by atoms with Crippen LogP contribution in [0.2, 0.25) is 0 Å². The van der Waals surface area contributed by atoms with Crippen LogP contribution >= 0.6 is 0 Å². The second-order valence-electron chi connectivity index (χ2n) is 7.36. The van der Waals surface area contributed by atoms with E-state index in [1.165, 1.54) is 17.7 Å². The van der Waals surface area contributed by atoms with Gasteiger partial charge in [-0.3, -0.25) is 0 Å². The van der Waals surface area contributed by atoms with E-state index in [0.717, 1.165) is 30.9 Å². The van der Waals surface area contributed by atoms with Crippen LogP contribution in [-0.2, 0) is 6.42 Å². The molecule has 1 aliphatic heterocycles. The van der Waals surface area contributed by atoms with Crippen molar-refractivity contribution in [2.75, 3.05) is 31.1 Å². The van der Waals surface area contributed by atoms with Gasteiger partial charge in [0.15, 0.2) is 5.84 Å². The van der Waals surface area contributed by atoms with Crippen LogP contribution in [0.15, 0.2) is 72.0 Å². The number of hydrogen-bond acceptors (Lipinski definition) is 5. The van der Waals surface area contributed by atoms with Gasteiger partial charge in [-0.2, -0.15) is 0 Å². The molecule has 0 saturated carbocycles. The maximum absolute atomic E-state index is 13.2. The molecule has 0 spiro atoms. The van der Waals surface area contributed by atoms with Gasteiger partial charge in [0.25, 0.3) is 0 Å². The monoisotopic (exact) mass is 420 g/mol. The first-order valence-electron chi connectivity index (χ1n) is 10.4. The second kappa shape index (κ2) is 9.47. The number of anilines is 1. The molecule has 3 aromatic rings. The summed E-state index contributed by atoms with van der Waals surface area (Å²) in [7, 11) is 0. The number of oxime groups is 1. The van der Waals surface area contributed by atoms with Crippen molar-refractivity contribution in [3.05, 3.63) is 83.8 Å². The van der Waals surface area contributed by atoms with Crippen LogP contribution in [0.4, 0.5) is 10.1 Å². The van der Waals surface area contributed by atoms with E-state index in [9.17, 15) is 9.60 Å². The largest absolute Gasteiger partial charge is 0.439 e. The summed E-state index contributed by atoms with van der Waals surface area (Å²) >= 11 is 0. The molecule has 1 aromatic heterocycles. The molecule has 0 radical (unpaired) electrons. The molecule has 0 amide bonds. The van der Waals surface area contributed by atoms with Gasteiger partial charge in [0.05, 0.1) is 0 Å². The lowest BCUT2D eigenvalue weighted by molar-refractivity contribution is 0.296. The Morgan fingerprint density at radius 1 is 1.00 bits per heavy atom. The zero-order valence-electron chi connectivity index (χ0n) is 17.4. The summed E-state index contributed by atoms with van der Waals surface area (Å²) in [5.41, 5.74) is 2.95. The lowest BCUT2D eigenvalue weighted by Crippen LogP contribution is -2.49. The lowest BCUT2D eigenvalue weighted by atomic mass is 10.2. The van der Waals surface area contributed by atoms with Gasteiger partial charge in [-0.1, -0.05) is 24.2 Å². The number of halogens is 1. The minimum atomic E-state index is -0.241. The van der Waals surface area contributed by atoms with Gasteiger partial charge in [0.1, 0.15) is 11.6 Å². The maximum atomic E-state index is 13.2. The average Bonchev–Trinajstić information content (AvgIpc) is 2.82. The number of aromatic nitrogens is 1. The molecule has 1 fully saturated rings. The highest BCUT2D eigenvalue weighted by molar-refractivity contribution is 5.98. The molecular weight excluding hydrogens is 395 g/mol. The number of ether oxygens (including phenoxy) is 1. The molecule has 0 atom stereocenters. The smallest absolute Gasteiger partial charge is 0.219 e. The molecule has 1 N–H and O–H groups in total. The van der Waals surface area contributed by atoms with E-state index in [2.05, 4.69) is 22.0 Å². The van der Waals surface area contributed by atoms with Crippen LogP contribution in [-0.4, -0.2) is 47.1 Å². The normalized spacial score (nSPS) is 14.6. The van der Waals surface area contributed by atoms with Crippen LogP contribution < -0.4 is 9.64 Å². The number of rotatable bonds is 5. The number of hydrogen-bond donors (Lipinski definition) is 1. The molecule has 1 aliphatic rings. The van der Waals surface area contributed by atoms with Crippen molar-refractivity contribution < 1.29 is 14.3 Å². The highest BCUT2D eigenvalue weighted by atomic mass is 19.1. The fourth-order valence-electron chi connectivity index (χ4n) is 3.62. The van der Waals surface area contributed by atoms with Crippen LogP contribution in [0.3, 0.4) is 0 Å². The molecule has 7 heteroatoms. The summed E-state index contributed by atoms with van der Waals surface area (Å²) in [4.78, 5) is 8.56. The Balaban J connectivity index is 1.38. The van der Waals surface area contributed by atoms with Gasteiger partial charge in [-0.05, 0) is 54.4 Å². The van der Waals surface area contributed by atoms with E-state index in [-0.39, 0.29) is 5.82 Å². The Hall–Kier alpha value is -3.61. The van der Waals surface area contributed by atoms with Crippen molar-refractivity contribution in [2.45, 2.75) is 13.3 Å². The van der Waals surface area contributed by atoms with Gasteiger partial charge in [0, 0.05) is 49.7 Å². The molecule has 2 aromatic carbocycles. The summed E-state index contributed by atoms with van der Waals surface area (Å²) in [5, 5.41) is 13.1. The van der Waals surface area contributed by atoms with Crippen molar-refractivity contribution in [3.8, 4) is 11.6 Å². The molecule has 0 bridgehead atoms. The highest BCUT2D eigenvalue weighted by Gasteiger charge is 2.22. The standard InChI is InChI=1S/C24H25FN4O2/c1-2-18-3-10-22(11-4-18)31-23-12-5-19(17-26-23)24(27-30)29-15-13-28(14-16-29)21-8-6-20(25)7-9-21/h3-12,17,30H,2,13-16H2,1H3/b27-24-. The van der Waals surface area contributed by atoms with Gasteiger partial charge in [0.2, 0.25) is 5.88 Å². The number of piperazine rings is 1. The molecule has 160 valence electrons. The van der Waals surface area contributed by atoms with Gasteiger partial charge < -0.3 is 19.7 Å². The highest BCUT2D eigenvalue weighted by Crippen LogP contribution is 2.22. The van der Waals surface area contributed by atoms with Crippen LogP contribution in [0.5, 0.6) is 11.6 Å². The third-order valence-corrected chi connectivity index (χ3v) is 5.41. The molecule has 0 aliphatic carbocycles.